The molecule has 2 aliphatic rings. The summed E-state index contributed by atoms with van der Waals surface area (Å²) >= 11 is 0. The van der Waals surface area contributed by atoms with Crippen molar-refractivity contribution in [3.63, 3.8) is 0 Å². The Morgan fingerprint density at radius 3 is 2.60 bits per heavy atom. The quantitative estimate of drug-likeness (QED) is 0.840. The molecular formula is C18H23N3O4. The average Bonchev–Trinajstić information content (AvgIpc) is 3.44. The molecule has 1 unspecified atom stereocenters. The van der Waals surface area contributed by atoms with E-state index in [1.54, 1.807) is 4.90 Å². The Kier molecular flexibility index (Phi) is 4.92. The maximum absolute atomic E-state index is 12.4. The molecule has 2 N–H and O–H groups in total. The zero-order chi connectivity index (χ0) is 18.0. The molecule has 1 atom stereocenters. The highest BCUT2D eigenvalue weighted by Crippen LogP contribution is 2.28. The summed E-state index contributed by atoms with van der Waals surface area (Å²) in [6.07, 6.45) is 2.43. The van der Waals surface area contributed by atoms with Crippen LogP contribution >= 0.6 is 0 Å². The largest absolute Gasteiger partial charge is 0.480 e. The van der Waals surface area contributed by atoms with Crippen LogP contribution in [0.3, 0.4) is 0 Å². The maximum atomic E-state index is 12.4. The van der Waals surface area contributed by atoms with Crippen molar-refractivity contribution >= 4 is 17.9 Å². The molecule has 1 saturated carbocycles. The number of benzene rings is 1. The van der Waals surface area contributed by atoms with Crippen molar-refractivity contribution in [1.29, 1.82) is 0 Å². The van der Waals surface area contributed by atoms with Crippen LogP contribution < -0.4 is 5.32 Å². The molecule has 25 heavy (non-hydrogen) atoms. The summed E-state index contributed by atoms with van der Waals surface area (Å²) in [6.45, 7) is 2.45. The maximum Gasteiger partial charge on any atom is 0.326 e. The third-order valence-corrected chi connectivity index (χ3v) is 4.81. The van der Waals surface area contributed by atoms with Gasteiger partial charge >= 0.3 is 12.0 Å². The Labute approximate surface area is 146 Å². The van der Waals surface area contributed by atoms with Crippen molar-refractivity contribution < 1.29 is 19.5 Å². The number of amides is 3. The predicted octanol–water partition coefficient (Wildman–Crippen LogP) is 1.22. The number of carboxylic acids is 1. The van der Waals surface area contributed by atoms with E-state index in [0.29, 0.717) is 13.1 Å². The van der Waals surface area contributed by atoms with Crippen molar-refractivity contribution in [2.45, 2.75) is 44.8 Å². The molecule has 0 radical (unpaired) electrons. The summed E-state index contributed by atoms with van der Waals surface area (Å²) in [5.41, 5.74) is 2.37. The minimum absolute atomic E-state index is 0.0163. The van der Waals surface area contributed by atoms with Crippen molar-refractivity contribution in [2.75, 3.05) is 13.1 Å². The van der Waals surface area contributed by atoms with Gasteiger partial charge in [0.2, 0.25) is 5.91 Å². The van der Waals surface area contributed by atoms with Gasteiger partial charge in [-0.1, -0.05) is 24.3 Å². The summed E-state index contributed by atoms with van der Waals surface area (Å²) in [4.78, 5) is 39.0. The molecule has 7 nitrogen and oxygen atoms in total. The molecule has 1 aromatic rings. The number of aliphatic carboxylic acids is 1. The van der Waals surface area contributed by atoms with E-state index < -0.39 is 12.0 Å². The van der Waals surface area contributed by atoms with E-state index in [4.69, 9.17) is 5.11 Å². The van der Waals surface area contributed by atoms with Crippen molar-refractivity contribution in [3.05, 3.63) is 35.4 Å². The molecule has 3 rings (SSSR count). The molecule has 0 saturated heterocycles. The number of carbonyl (C=O) groups is 3. The SMILES string of the molecule is CC(C(=O)O)N(C(=O)CNC(=O)N1CCc2ccccc2C1)C1CC1. The van der Waals surface area contributed by atoms with Crippen molar-refractivity contribution in [3.8, 4) is 0 Å². The van der Waals surface area contributed by atoms with Gasteiger partial charge in [-0.25, -0.2) is 9.59 Å². The van der Waals surface area contributed by atoms with Crippen LogP contribution in [0.5, 0.6) is 0 Å². The Morgan fingerprint density at radius 2 is 1.96 bits per heavy atom. The van der Waals surface area contributed by atoms with Gasteiger partial charge in [0.15, 0.2) is 0 Å². The van der Waals surface area contributed by atoms with Gasteiger partial charge in [0.25, 0.3) is 0 Å². The van der Waals surface area contributed by atoms with Crippen LogP contribution in [0, 0.1) is 0 Å². The second-order valence-electron chi connectivity index (χ2n) is 6.65. The van der Waals surface area contributed by atoms with E-state index in [9.17, 15) is 14.4 Å². The lowest BCUT2D eigenvalue weighted by Gasteiger charge is -2.30. The van der Waals surface area contributed by atoms with Gasteiger partial charge < -0.3 is 20.2 Å². The molecule has 1 aliphatic carbocycles. The number of urea groups is 1. The van der Waals surface area contributed by atoms with Crippen LogP contribution in [0.2, 0.25) is 0 Å². The average molecular weight is 345 g/mol. The number of carboxylic acid groups (broad SMARTS) is 1. The second kappa shape index (κ2) is 7.13. The number of carbonyl (C=O) groups excluding carboxylic acids is 2. The molecule has 1 heterocycles. The lowest BCUT2D eigenvalue weighted by molar-refractivity contribution is -0.149. The summed E-state index contributed by atoms with van der Waals surface area (Å²) in [5.74, 6) is -1.37. The first-order valence-electron chi connectivity index (χ1n) is 8.61. The van der Waals surface area contributed by atoms with Gasteiger partial charge in [0.05, 0.1) is 6.54 Å². The highest BCUT2D eigenvalue weighted by atomic mass is 16.4. The first kappa shape index (κ1) is 17.3. The Balaban J connectivity index is 1.55. The van der Waals surface area contributed by atoms with Crippen LogP contribution in [0.1, 0.15) is 30.9 Å². The molecule has 134 valence electrons. The Morgan fingerprint density at radius 1 is 1.28 bits per heavy atom. The van der Waals surface area contributed by atoms with Crippen LogP contribution in [0.25, 0.3) is 0 Å². The van der Waals surface area contributed by atoms with E-state index in [0.717, 1.165) is 24.8 Å². The number of nitrogens with zero attached hydrogens (tertiary/aromatic N) is 2. The number of hydrogen-bond donors (Lipinski definition) is 2. The minimum Gasteiger partial charge on any atom is -0.480 e. The number of nitrogens with one attached hydrogen (secondary N) is 1. The van der Waals surface area contributed by atoms with Crippen LogP contribution in [-0.4, -0.2) is 58.0 Å². The molecule has 0 bridgehead atoms. The van der Waals surface area contributed by atoms with Crippen LogP contribution in [0.4, 0.5) is 4.79 Å². The first-order valence-corrected chi connectivity index (χ1v) is 8.61. The fourth-order valence-electron chi connectivity index (χ4n) is 3.23. The van der Waals surface area contributed by atoms with E-state index in [2.05, 4.69) is 11.4 Å². The van der Waals surface area contributed by atoms with Crippen LogP contribution in [-0.2, 0) is 22.6 Å². The topological polar surface area (TPSA) is 90.0 Å². The summed E-state index contributed by atoms with van der Waals surface area (Å²) < 4.78 is 0. The minimum atomic E-state index is -1.03. The predicted molar refractivity (Wildman–Crippen MR) is 90.9 cm³/mol. The normalized spacial score (nSPS) is 17.4. The van der Waals surface area contributed by atoms with Gasteiger partial charge in [-0.3, -0.25) is 4.79 Å². The standard InChI is InChI=1S/C18H23N3O4/c1-12(17(23)24)21(15-6-7-15)16(22)10-19-18(25)20-9-8-13-4-2-3-5-14(13)11-20/h2-5,12,15H,6-11H2,1H3,(H,19,25)(H,23,24). The molecule has 0 aromatic heterocycles. The lowest BCUT2D eigenvalue weighted by atomic mass is 10.0. The van der Waals surface area contributed by atoms with Crippen molar-refractivity contribution in [1.82, 2.24) is 15.1 Å². The fourth-order valence-corrected chi connectivity index (χ4v) is 3.23. The zero-order valence-electron chi connectivity index (χ0n) is 14.3. The van der Waals surface area contributed by atoms with Crippen LogP contribution in [0.15, 0.2) is 24.3 Å². The second-order valence-corrected chi connectivity index (χ2v) is 6.65. The molecule has 7 heteroatoms. The molecule has 1 aliphatic heterocycles. The van der Waals surface area contributed by atoms with E-state index >= 15 is 0 Å². The van der Waals surface area contributed by atoms with E-state index in [1.807, 2.05) is 18.2 Å². The molecule has 1 aromatic carbocycles. The molecule has 1 fully saturated rings. The molecule has 3 amide bonds. The fraction of sp³-hybridized carbons (Fsp3) is 0.500. The summed E-state index contributed by atoms with van der Waals surface area (Å²) in [7, 11) is 0. The zero-order valence-corrected chi connectivity index (χ0v) is 14.3. The Hall–Kier alpha value is -2.57. The molecule has 0 spiro atoms. The lowest BCUT2D eigenvalue weighted by Crippen LogP contribution is -2.51. The van der Waals surface area contributed by atoms with Gasteiger partial charge in [-0.2, -0.15) is 0 Å². The Bertz CT molecular complexity index is 687. The highest BCUT2D eigenvalue weighted by Gasteiger charge is 2.38. The summed E-state index contributed by atoms with van der Waals surface area (Å²) in [6, 6.07) is 6.82. The summed E-state index contributed by atoms with van der Waals surface area (Å²) in [5, 5.41) is 11.8. The molecular weight excluding hydrogens is 322 g/mol. The third-order valence-electron chi connectivity index (χ3n) is 4.81. The van der Waals surface area contributed by atoms with Gasteiger partial charge in [-0.05, 0) is 37.3 Å². The van der Waals surface area contributed by atoms with Gasteiger partial charge in [0.1, 0.15) is 6.04 Å². The first-order chi connectivity index (χ1) is 12.0. The monoisotopic (exact) mass is 345 g/mol. The smallest absolute Gasteiger partial charge is 0.326 e. The van der Waals surface area contributed by atoms with Crippen molar-refractivity contribution in [2.24, 2.45) is 0 Å². The van der Waals surface area contributed by atoms with E-state index in [-0.39, 0.29) is 24.5 Å². The highest BCUT2D eigenvalue weighted by molar-refractivity contribution is 5.88. The van der Waals surface area contributed by atoms with Gasteiger partial charge in [-0.15, -0.1) is 0 Å². The van der Waals surface area contributed by atoms with Gasteiger partial charge in [0, 0.05) is 19.1 Å². The number of hydrogen-bond acceptors (Lipinski definition) is 3. The number of rotatable bonds is 5. The van der Waals surface area contributed by atoms with E-state index in [1.165, 1.54) is 17.4 Å². The third kappa shape index (κ3) is 3.92. The number of fused-ring (bicyclic) bond motifs is 1.